The van der Waals surface area contributed by atoms with Crippen molar-refractivity contribution in [3.63, 3.8) is 0 Å². The minimum absolute atomic E-state index is 0.0223. The van der Waals surface area contributed by atoms with E-state index in [1.54, 1.807) is 11.8 Å². The smallest absolute Gasteiger partial charge is 0.307 e. The van der Waals surface area contributed by atoms with Gasteiger partial charge in [0.05, 0.1) is 0 Å². The molecule has 0 bridgehead atoms. The fraction of sp³-hybridized carbons (Fsp3) is 0.941. The Bertz CT molecular complexity index is 359. The van der Waals surface area contributed by atoms with Crippen molar-refractivity contribution in [1.29, 1.82) is 0 Å². The Hall–Kier alpha value is -0.810. The van der Waals surface area contributed by atoms with Crippen molar-refractivity contribution in [3.8, 4) is 0 Å². The lowest BCUT2D eigenvalue weighted by Gasteiger charge is -2.34. The molecule has 0 fully saturated rings. The van der Waals surface area contributed by atoms with Gasteiger partial charge >= 0.3 is 12.3 Å². The molecule has 0 aromatic heterocycles. The van der Waals surface area contributed by atoms with Crippen molar-refractivity contribution in [1.82, 2.24) is 4.90 Å². The topological polar surface area (TPSA) is 20.3 Å². The Morgan fingerprint density at radius 1 is 1.00 bits per heavy atom. The monoisotopic (exact) mass is 341 g/mol. The fourth-order valence-corrected chi connectivity index (χ4v) is 2.82. The first kappa shape index (κ1) is 22.2. The molecule has 0 rings (SSSR count). The van der Waals surface area contributed by atoms with Crippen molar-refractivity contribution in [2.45, 2.75) is 91.7 Å². The second-order valence-corrected chi connectivity index (χ2v) is 7.29. The molecule has 2 atom stereocenters. The zero-order chi connectivity index (χ0) is 18.4. The summed E-state index contributed by atoms with van der Waals surface area (Å²) in [4.78, 5) is 14.1. The molecule has 0 heterocycles. The molecule has 0 radical (unpaired) electrons. The number of hydrogen-bond acceptors (Lipinski definition) is 1. The van der Waals surface area contributed by atoms with Crippen molar-refractivity contribution in [2.75, 3.05) is 0 Å². The summed E-state index contributed by atoms with van der Waals surface area (Å²) < 4.78 is 50.6. The van der Waals surface area contributed by atoms with E-state index in [9.17, 15) is 22.4 Å². The lowest BCUT2D eigenvalue weighted by atomic mass is 9.94. The highest BCUT2D eigenvalue weighted by Crippen LogP contribution is 2.32. The SMILES string of the molecule is CC(C)CC(=O)N(C(C)C)C(C)CCC(C)CC(F)(F)C(F)F. The molecule has 0 N–H and O–H groups in total. The summed E-state index contributed by atoms with van der Waals surface area (Å²) in [5.41, 5.74) is 0. The maximum Gasteiger partial charge on any atom is 0.307 e. The van der Waals surface area contributed by atoms with E-state index in [0.29, 0.717) is 19.3 Å². The molecule has 0 aromatic rings. The highest BCUT2D eigenvalue weighted by molar-refractivity contribution is 5.77. The van der Waals surface area contributed by atoms with Crippen molar-refractivity contribution >= 4 is 5.91 Å². The van der Waals surface area contributed by atoms with Gasteiger partial charge in [0.2, 0.25) is 5.91 Å². The standard InChI is InChI=1S/C17H31F4NO/c1-11(2)9-15(23)22(12(3)4)14(6)8-7-13(5)10-17(20,21)16(18)19/h11-14,16H,7-10H2,1-6H3. The van der Waals surface area contributed by atoms with Crippen LogP contribution in [0.15, 0.2) is 0 Å². The van der Waals surface area contributed by atoms with Gasteiger partial charge in [-0.05, 0) is 45.4 Å². The number of rotatable bonds is 10. The quantitative estimate of drug-likeness (QED) is 0.490. The van der Waals surface area contributed by atoms with Gasteiger partial charge in [-0.2, -0.15) is 0 Å². The van der Waals surface area contributed by atoms with Crippen LogP contribution in [-0.2, 0) is 4.79 Å². The minimum atomic E-state index is -3.94. The second-order valence-electron chi connectivity index (χ2n) is 7.29. The fourth-order valence-electron chi connectivity index (χ4n) is 2.82. The molecule has 0 aliphatic heterocycles. The van der Waals surface area contributed by atoms with Crippen molar-refractivity contribution in [3.05, 3.63) is 0 Å². The van der Waals surface area contributed by atoms with Gasteiger partial charge in [0.15, 0.2) is 0 Å². The van der Waals surface area contributed by atoms with Crippen LogP contribution in [0.4, 0.5) is 17.6 Å². The lowest BCUT2D eigenvalue weighted by molar-refractivity contribution is -0.141. The summed E-state index contributed by atoms with van der Waals surface area (Å²) in [7, 11) is 0. The van der Waals surface area contributed by atoms with E-state index >= 15 is 0 Å². The molecule has 0 aliphatic carbocycles. The molecule has 0 aliphatic rings. The number of hydrogen-bond donors (Lipinski definition) is 0. The predicted molar refractivity (Wildman–Crippen MR) is 84.9 cm³/mol. The largest absolute Gasteiger partial charge is 0.338 e. The van der Waals surface area contributed by atoms with Crippen LogP contribution < -0.4 is 0 Å². The highest BCUT2D eigenvalue weighted by atomic mass is 19.3. The summed E-state index contributed by atoms with van der Waals surface area (Å²) in [6, 6.07) is -0.0714. The molecule has 6 heteroatoms. The van der Waals surface area contributed by atoms with Crippen LogP contribution in [0.25, 0.3) is 0 Å². The number of carbonyl (C=O) groups excluding carboxylic acids is 1. The van der Waals surface area contributed by atoms with Crippen LogP contribution in [0.2, 0.25) is 0 Å². The van der Waals surface area contributed by atoms with Crippen LogP contribution in [0, 0.1) is 11.8 Å². The first-order chi connectivity index (χ1) is 10.4. The first-order valence-corrected chi connectivity index (χ1v) is 8.35. The van der Waals surface area contributed by atoms with E-state index in [1.807, 2.05) is 34.6 Å². The maximum atomic E-state index is 13.1. The highest BCUT2D eigenvalue weighted by Gasteiger charge is 2.41. The van der Waals surface area contributed by atoms with Gasteiger partial charge in [0.25, 0.3) is 0 Å². The molecular weight excluding hydrogens is 310 g/mol. The Morgan fingerprint density at radius 3 is 1.91 bits per heavy atom. The summed E-state index contributed by atoms with van der Waals surface area (Å²) >= 11 is 0. The molecule has 0 spiro atoms. The Kier molecular flexibility index (Phi) is 9.14. The van der Waals surface area contributed by atoms with Crippen LogP contribution >= 0.6 is 0 Å². The minimum Gasteiger partial charge on any atom is -0.338 e. The third-order valence-electron chi connectivity index (χ3n) is 3.92. The third kappa shape index (κ3) is 8.02. The average Bonchev–Trinajstić information content (AvgIpc) is 2.34. The molecule has 2 nitrogen and oxygen atoms in total. The van der Waals surface area contributed by atoms with E-state index < -0.39 is 24.7 Å². The molecule has 0 saturated heterocycles. The molecule has 23 heavy (non-hydrogen) atoms. The number of amides is 1. The number of alkyl halides is 4. The van der Waals surface area contributed by atoms with E-state index in [-0.39, 0.29) is 23.9 Å². The zero-order valence-electron chi connectivity index (χ0n) is 15.1. The van der Waals surface area contributed by atoms with E-state index in [2.05, 4.69) is 0 Å². The zero-order valence-corrected chi connectivity index (χ0v) is 15.1. The summed E-state index contributed by atoms with van der Waals surface area (Å²) in [5, 5.41) is 0. The van der Waals surface area contributed by atoms with Gasteiger partial charge in [-0.25, -0.2) is 17.6 Å². The molecule has 0 saturated carbocycles. The van der Waals surface area contributed by atoms with Crippen molar-refractivity contribution < 1.29 is 22.4 Å². The van der Waals surface area contributed by atoms with Crippen LogP contribution in [0.5, 0.6) is 0 Å². The molecule has 0 aromatic carbocycles. The van der Waals surface area contributed by atoms with Crippen LogP contribution in [-0.4, -0.2) is 35.2 Å². The second kappa shape index (κ2) is 9.48. The van der Waals surface area contributed by atoms with Gasteiger partial charge in [-0.1, -0.05) is 20.8 Å². The van der Waals surface area contributed by atoms with Gasteiger partial charge in [-0.3, -0.25) is 4.79 Å². The van der Waals surface area contributed by atoms with E-state index in [1.165, 1.54) is 0 Å². The average molecular weight is 341 g/mol. The predicted octanol–water partition coefficient (Wildman–Crippen LogP) is 5.36. The van der Waals surface area contributed by atoms with Gasteiger partial charge in [-0.15, -0.1) is 0 Å². The van der Waals surface area contributed by atoms with E-state index in [4.69, 9.17) is 0 Å². The third-order valence-corrected chi connectivity index (χ3v) is 3.92. The summed E-state index contributed by atoms with van der Waals surface area (Å²) in [5.74, 6) is -4.16. The summed E-state index contributed by atoms with van der Waals surface area (Å²) in [6.07, 6.45) is -3.08. The first-order valence-electron chi connectivity index (χ1n) is 8.35. The van der Waals surface area contributed by atoms with Crippen LogP contribution in [0.3, 0.4) is 0 Å². The summed E-state index contributed by atoms with van der Waals surface area (Å²) in [6.45, 7) is 11.2. The number of nitrogens with zero attached hydrogens (tertiary/aromatic N) is 1. The maximum absolute atomic E-state index is 13.1. The van der Waals surface area contributed by atoms with E-state index in [0.717, 1.165) is 0 Å². The molecule has 1 amide bonds. The van der Waals surface area contributed by atoms with Crippen LogP contribution in [0.1, 0.15) is 67.2 Å². The molecular formula is C17H31F4NO. The van der Waals surface area contributed by atoms with Gasteiger partial charge in [0, 0.05) is 24.9 Å². The van der Waals surface area contributed by atoms with Gasteiger partial charge < -0.3 is 4.90 Å². The molecule has 2 unspecified atom stereocenters. The Morgan fingerprint density at radius 2 is 1.52 bits per heavy atom. The Labute approximate surface area is 137 Å². The van der Waals surface area contributed by atoms with Crippen molar-refractivity contribution in [2.24, 2.45) is 11.8 Å². The number of halogens is 4. The van der Waals surface area contributed by atoms with Gasteiger partial charge in [0.1, 0.15) is 0 Å². The number of carbonyl (C=O) groups is 1. The normalized spacial score (nSPS) is 15.3. The molecule has 138 valence electrons. The Balaban J connectivity index is 4.59. The lowest BCUT2D eigenvalue weighted by Crippen LogP contribution is -2.44.